The number of phenols is 1. The second-order valence-electron chi connectivity index (χ2n) is 6.50. The number of aromatic hydroxyl groups is 1. The van der Waals surface area contributed by atoms with Crippen LogP contribution in [-0.2, 0) is 6.42 Å². The Hall–Kier alpha value is -2.83. The van der Waals surface area contributed by atoms with Crippen LogP contribution in [0.2, 0.25) is 0 Å². The number of nitrogens with one attached hydrogen (secondary N) is 2. The van der Waals surface area contributed by atoms with Gasteiger partial charge in [0, 0.05) is 11.5 Å². The van der Waals surface area contributed by atoms with E-state index in [1.54, 1.807) is 24.4 Å². The smallest absolute Gasteiger partial charge is 0.260 e. The third kappa shape index (κ3) is 2.75. The predicted molar refractivity (Wildman–Crippen MR) is 94.8 cm³/mol. The molecule has 1 aliphatic carbocycles. The van der Waals surface area contributed by atoms with E-state index in [1.807, 2.05) is 11.6 Å². The van der Waals surface area contributed by atoms with Gasteiger partial charge < -0.3 is 10.4 Å². The first-order chi connectivity index (χ1) is 12.2. The Labute approximate surface area is 145 Å². The molecule has 3 aromatic rings. The first kappa shape index (κ1) is 15.7. The molecule has 25 heavy (non-hydrogen) atoms. The van der Waals surface area contributed by atoms with E-state index in [2.05, 4.69) is 20.6 Å². The zero-order valence-electron chi connectivity index (χ0n) is 14.1. The number of anilines is 1. The summed E-state index contributed by atoms with van der Waals surface area (Å²) in [6.07, 6.45) is 7.12. The number of hydrogen-bond donors (Lipinski definition) is 3. The highest BCUT2D eigenvalue weighted by Crippen LogP contribution is 2.31. The molecule has 130 valence electrons. The molecule has 0 atom stereocenters. The average Bonchev–Trinajstić information content (AvgIpc) is 3.33. The summed E-state index contributed by atoms with van der Waals surface area (Å²) in [4.78, 5) is 12.8. The van der Waals surface area contributed by atoms with Crippen LogP contribution in [0.5, 0.6) is 5.75 Å². The van der Waals surface area contributed by atoms with Crippen molar-refractivity contribution >= 4 is 22.6 Å². The largest absolute Gasteiger partial charge is 0.508 e. The topological polar surface area (TPSA) is 95.8 Å². The zero-order chi connectivity index (χ0) is 17.4. The number of nitrogens with zero attached hydrogens (tertiary/aromatic N) is 3. The van der Waals surface area contributed by atoms with Crippen molar-refractivity contribution < 1.29 is 9.90 Å². The second-order valence-corrected chi connectivity index (χ2v) is 6.50. The van der Waals surface area contributed by atoms with Gasteiger partial charge in [0.1, 0.15) is 5.75 Å². The van der Waals surface area contributed by atoms with Gasteiger partial charge in [0.05, 0.1) is 29.0 Å². The molecule has 3 N–H and O–H groups in total. The predicted octanol–water partition coefficient (Wildman–Crippen LogP) is 3.39. The van der Waals surface area contributed by atoms with Crippen molar-refractivity contribution in [2.45, 2.75) is 45.1 Å². The third-order valence-corrected chi connectivity index (χ3v) is 4.93. The fraction of sp³-hybridized carbons (Fsp3) is 0.389. The third-order valence-electron chi connectivity index (χ3n) is 4.93. The van der Waals surface area contributed by atoms with Crippen LogP contribution in [0.3, 0.4) is 0 Å². The van der Waals surface area contributed by atoms with Gasteiger partial charge >= 0.3 is 0 Å². The van der Waals surface area contributed by atoms with E-state index in [0.717, 1.165) is 30.3 Å². The Kier molecular flexibility index (Phi) is 3.91. The van der Waals surface area contributed by atoms with Crippen LogP contribution in [0.4, 0.5) is 5.82 Å². The fourth-order valence-electron chi connectivity index (χ4n) is 3.67. The number of rotatable bonds is 4. The summed E-state index contributed by atoms with van der Waals surface area (Å²) in [6.45, 7) is 2.05. The molecule has 7 nitrogen and oxygen atoms in total. The minimum Gasteiger partial charge on any atom is -0.508 e. The summed E-state index contributed by atoms with van der Waals surface area (Å²) in [5, 5.41) is 24.6. The van der Waals surface area contributed by atoms with Gasteiger partial charge in [-0.1, -0.05) is 19.8 Å². The van der Waals surface area contributed by atoms with Gasteiger partial charge in [0.15, 0.2) is 5.82 Å². The van der Waals surface area contributed by atoms with Crippen molar-refractivity contribution in [1.82, 2.24) is 20.0 Å². The Bertz CT molecular complexity index is 921. The number of carbonyl (C=O) groups excluding carboxylic acids is 1. The molecule has 1 fully saturated rings. The monoisotopic (exact) mass is 339 g/mol. The Morgan fingerprint density at radius 2 is 2.20 bits per heavy atom. The minimum absolute atomic E-state index is 0.153. The van der Waals surface area contributed by atoms with Crippen LogP contribution < -0.4 is 5.32 Å². The minimum atomic E-state index is -0.206. The number of aromatic amines is 1. The van der Waals surface area contributed by atoms with Crippen molar-refractivity contribution in [2.75, 3.05) is 5.32 Å². The van der Waals surface area contributed by atoms with E-state index in [4.69, 9.17) is 0 Å². The van der Waals surface area contributed by atoms with Gasteiger partial charge in [-0.05, 0) is 31.4 Å². The normalized spacial score (nSPS) is 15.1. The van der Waals surface area contributed by atoms with Gasteiger partial charge in [-0.3, -0.25) is 14.6 Å². The van der Waals surface area contributed by atoms with E-state index in [1.165, 1.54) is 12.8 Å². The van der Waals surface area contributed by atoms with Crippen molar-refractivity contribution in [1.29, 1.82) is 0 Å². The second kappa shape index (κ2) is 6.23. The summed E-state index contributed by atoms with van der Waals surface area (Å²) in [5.41, 5.74) is 2.25. The molecule has 0 spiro atoms. The molecule has 2 heterocycles. The van der Waals surface area contributed by atoms with Gasteiger partial charge in [0.25, 0.3) is 5.91 Å². The Morgan fingerprint density at radius 3 is 2.96 bits per heavy atom. The number of fused-ring (bicyclic) bond motifs is 1. The number of aromatic nitrogens is 4. The van der Waals surface area contributed by atoms with E-state index in [9.17, 15) is 9.90 Å². The van der Waals surface area contributed by atoms with Gasteiger partial charge in [0.2, 0.25) is 0 Å². The quantitative estimate of drug-likeness (QED) is 0.679. The maximum Gasteiger partial charge on any atom is 0.260 e. The van der Waals surface area contributed by atoms with E-state index in [-0.39, 0.29) is 11.7 Å². The van der Waals surface area contributed by atoms with E-state index < -0.39 is 0 Å². The SMILES string of the molecule is CCc1c(C(=O)Nc2n[nH]c3cc(O)ccc23)cnn1C1CCCC1. The number of H-pyrrole nitrogens is 1. The maximum absolute atomic E-state index is 12.8. The molecule has 1 aromatic carbocycles. The molecule has 0 saturated heterocycles. The number of hydrogen-bond acceptors (Lipinski definition) is 4. The van der Waals surface area contributed by atoms with Gasteiger partial charge in [-0.15, -0.1) is 0 Å². The van der Waals surface area contributed by atoms with Crippen molar-refractivity contribution in [2.24, 2.45) is 0 Å². The van der Waals surface area contributed by atoms with Gasteiger partial charge in [-0.25, -0.2) is 0 Å². The van der Waals surface area contributed by atoms with Crippen LogP contribution in [0.15, 0.2) is 24.4 Å². The van der Waals surface area contributed by atoms with Crippen molar-refractivity contribution in [3.05, 3.63) is 35.7 Å². The van der Waals surface area contributed by atoms with Crippen LogP contribution in [0.25, 0.3) is 10.9 Å². The molecule has 7 heteroatoms. The number of benzene rings is 1. The van der Waals surface area contributed by atoms with E-state index >= 15 is 0 Å². The first-order valence-electron chi connectivity index (χ1n) is 8.72. The first-order valence-corrected chi connectivity index (χ1v) is 8.72. The summed E-state index contributed by atoms with van der Waals surface area (Å²) >= 11 is 0. The van der Waals surface area contributed by atoms with Gasteiger partial charge in [-0.2, -0.15) is 10.2 Å². The number of phenolic OH excluding ortho intramolecular Hbond substituents is 1. The molecule has 4 rings (SSSR count). The highest BCUT2D eigenvalue weighted by Gasteiger charge is 2.24. The summed E-state index contributed by atoms with van der Waals surface area (Å²) < 4.78 is 2.03. The fourth-order valence-corrected chi connectivity index (χ4v) is 3.67. The molecule has 2 aromatic heterocycles. The highest BCUT2D eigenvalue weighted by molar-refractivity contribution is 6.08. The molecule has 0 bridgehead atoms. The zero-order valence-corrected chi connectivity index (χ0v) is 14.1. The number of carbonyl (C=O) groups is 1. The Morgan fingerprint density at radius 1 is 1.40 bits per heavy atom. The lowest BCUT2D eigenvalue weighted by molar-refractivity contribution is 0.102. The van der Waals surface area contributed by atoms with Crippen LogP contribution in [0.1, 0.15) is 54.7 Å². The molecule has 0 radical (unpaired) electrons. The summed E-state index contributed by atoms with van der Waals surface area (Å²) in [6, 6.07) is 5.29. The number of amides is 1. The van der Waals surface area contributed by atoms with Crippen LogP contribution in [0, 0.1) is 0 Å². The average molecular weight is 339 g/mol. The van der Waals surface area contributed by atoms with Crippen molar-refractivity contribution in [3.63, 3.8) is 0 Å². The van der Waals surface area contributed by atoms with Crippen LogP contribution >= 0.6 is 0 Å². The molecule has 1 amide bonds. The maximum atomic E-state index is 12.8. The summed E-state index contributed by atoms with van der Waals surface area (Å²) in [5.74, 6) is 0.401. The molecule has 0 unspecified atom stereocenters. The lowest BCUT2D eigenvalue weighted by Gasteiger charge is -2.14. The lowest BCUT2D eigenvalue weighted by Crippen LogP contribution is -2.16. The highest BCUT2D eigenvalue weighted by atomic mass is 16.3. The standard InChI is InChI=1S/C18H21N5O2/c1-2-16-14(10-19-23(16)11-5-3-4-6-11)18(25)20-17-13-8-7-12(24)9-15(13)21-22-17/h7-11,24H,2-6H2,1H3,(H2,20,21,22,25). The molecular formula is C18H21N5O2. The molecule has 1 saturated carbocycles. The van der Waals surface area contributed by atoms with Crippen molar-refractivity contribution in [3.8, 4) is 5.75 Å². The summed E-state index contributed by atoms with van der Waals surface area (Å²) in [7, 11) is 0. The van der Waals surface area contributed by atoms with E-state index in [0.29, 0.717) is 22.9 Å². The molecule has 0 aliphatic heterocycles. The molecule has 1 aliphatic rings. The van der Waals surface area contributed by atoms with Crippen LogP contribution in [-0.4, -0.2) is 31.0 Å². The Balaban J connectivity index is 1.62. The lowest BCUT2D eigenvalue weighted by atomic mass is 10.1. The molecular weight excluding hydrogens is 318 g/mol.